The number of piperidine rings is 1. The van der Waals surface area contributed by atoms with E-state index >= 15 is 0 Å². The number of benzene rings is 3. The van der Waals surface area contributed by atoms with Crippen molar-refractivity contribution in [3.05, 3.63) is 108 Å². The van der Waals surface area contributed by atoms with Crippen LogP contribution in [0.2, 0.25) is 0 Å². The summed E-state index contributed by atoms with van der Waals surface area (Å²) in [7, 11) is -3.37. The fourth-order valence-electron chi connectivity index (χ4n) is 5.65. The predicted octanol–water partition coefficient (Wildman–Crippen LogP) is 6.59. The molecule has 6 rings (SSSR count). The van der Waals surface area contributed by atoms with Crippen molar-refractivity contribution in [2.24, 2.45) is 0 Å². The first-order valence-electron chi connectivity index (χ1n) is 15.4. The lowest BCUT2D eigenvalue weighted by Gasteiger charge is -2.38. The SMILES string of the molecule is Cc1nc(Oc2ccc(NS(C)(=O)=O)cc2)ccc1CN1CCC(N(C(=O)Nc2cc(-c3nnco3)c(F)cc2F)c2ccccc2)CC1. The Labute approximate surface area is 281 Å². The number of nitrogens with zero attached hydrogens (tertiary/aromatic N) is 5. The maximum absolute atomic E-state index is 14.8. The molecule has 0 radical (unpaired) electrons. The van der Waals surface area contributed by atoms with E-state index in [4.69, 9.17) is 9.15 Å². The van der Waals surface area contributed by atoms with Crippen molar-refractivity contribution in [2.45, 2.75) is 32.4 Å². The first-order valence-corrected chi connectivity index (χ1v) is 17.3. The standard InChI is InChI=1S/C34H33F2N7O5S/c1-22-23(8-13-32(38-22)48-27-11-9-24(10-12-27)41-49(2,45)46)20-42-16-14-26(15-17-42)43(25-6-4-3-5-7-25)34(44)39-31-18-28(29(35)19-30(31)36)33-40-37-21-47-33/h3-13,18-19,21,26,41H,14-17,20H2,1-2H3,(H,39,44). The Hall–Kier alpha value is -5.41. The third-order valence-electron chi connectivity index (χ3n) is 8.01. The van der Waals surface area contributed by atoms with Crippen LogP contribution in [-0.4, -0.2) is 59.9 Å². The van der Waals surface area contributed by atoms with Crippen molar-refractivity contribution < 1.29 is 31.1 Å². The van der Waals surface area contributed by atoms with E-state index in [1.807, 2.05) is 43.3 Å². The number of amides is 2. The molecular weight excluding hydrogens is 656 g/mol. The molecule has 1 aliphatic rings. The Kier molecular flexibility index (Phi) is 9.82. The molecule has 1 saturated heterocycles. The molecule has 0 spiro atoms. The Balaban J connectivity index is 1.10. The highest BCUT2D eigenvalue weighted by Crippen LogP contribution is 2.30. The Morgan fingerprint density at radius 3 is 2.41 bits per heavy atom. The molecule has 0 unspecified atom stereocenters. The van der Waals surface area contributed by atoms with Crippen LogP contribution < -0.4 is 19.7 Å². The van der Waals surface area contributed by atoms with Crippen LogP contribution in [0.25, 0.3) is 11.5 Å². The minimum Gasteiger partial charge on any atom is -0.439 e. The van der Waals surface area contributed by atoms with E-state index in [0.29, 0.717) is 61.5 Å². The van der Waals surface area contributed by atoms with Crippen LogP contribution in [0.4, 0.5) is 30.6 Å². The number of aromatic nitrogens is 3. The van der Waals surface area contributed by atoms with E-state index in [1.165, 1.54) is 0 Å². The summed E-state index contributed by atoms with van der Waals surface area (Å²) >= 11 is 0. The van der Waals surface area contributed by atoms with Crippen LogP contribution in [0.3, 0.4) is 0 Å². The van der Waals surface area contributed by atoms with E-state index in [0.717, 1.165) is 30.0 Å². The summed E-state index contributed by atoms with van der Waals surface area (Å²) in [5.41, 5.74) is 2.57. The minimum atomic E-state index is -3.37. The second kappa shape index (κ2) is 14.4. The topological polar surface area (TPSA) is 143 Å². The summed E-state index contributed by atoms with van der Waals surface area (Å²) in [6.07, 6.45) is 3.43. The van der Waals surface area contributed by atoms with Crippen LogP contribution in [0.5, 0.6) is 11.6 Å². The van der Waals surface area contributed by atoms with Gasteiger partial charge in [-0.1, -0.05) is 24.3 Å². The second-order valence-corrected chi connectivity index (χ2v) is 13.3. The molecule has 1 aliphatic heterocycles. The van der Waals surface area contributed by atoms with Crippen molar-refractivity contribution in [2.75, 3.05) is 34.3 Å². The summed E-state index contributed by atoms with van der Waals surface area (Å²) in [6.45, 7) is 3.95. The Bertz CT molecular complexity index is 2020. The highest BCUT2D eigenvalue weighted by Gasteiger charge is 2.30. The zero-order valence-corrected chi connectivity index (χ0v) is 27.5. The van der Waals surface area contributed by atoms with Gasteiger partial charge in [0, 0.05) is 54.9 Å². The number of nitrogens with one attached hydrogen (secondary N) is 2. The van der Waals surface area contributed by atoms with Gasteiger partial charge in [-0.3, -0.25) is 14.5 Å². The lowest BCUT2D eigenvalue weighted by molar-refractivity contribution is 0.199. The number of para-hydroxylation sites is 1. The maximum Gasteiger partial charge on any atom is 0.326 e. The van der Waals surface area contributed by atoms with Gasteiger partial charge in [0.2, 0.25) is 28.2 Å². The van der Waals surface area contributed by atoms with Gasteiger partial charge in [0.1, 0.15) is 17.4 Å². The number of hydrogen-bond donors (Lipinski definition) is 2. The Morgan fingerprint density at radius 2 is 1.76 bits per heavy atom. The van der Waals surface area contributed by atoms with Gasteiger partial charge < -0.3 is 14.5 Å². The van der Waals surface area contributed by atoms with Crippen LogP contribution >= 0.6 is 0 Å². The molecule has 1 fully saturated rings. The molecule has 3 aromatic carbocycles. The average molecular weight is 690 g/mol. The van der Waals surface area contributed by atoms with Gasteiger partial charge in [-0.05, 0) is 67.8 Å². The molecule has 5 aromatic rings. The third-order valence-corrected chi connectivity index (χ3v) is 8.61. The van der Waals surface area contributed by atoms with Gasteiger partial charge in [-0.15, -0.1) is 10.2 Å². The summed E-state index contributed by atoms with van der Waals surface area (Å²) in [4.78, 5) is 22.3. The van der Waals surface area contributed by atoms with E-state index in [9.17, 15) is 22.0 Å². The van der Waals surface area contributed by atoms with Gasteiger partial charge in [0.15, 0.2) is 0 Å². The summed E-state index contributed by atoms with van der Waals surface area (Å²) in [5.74, 6) is -1.03. The summed E-state index contributed by atoms with van der Waals surface area (Å²) in [5, 5.41) is 9.86. The number of hydrogen-bond acceptors (Lipinski definition) is 9. The summed E-state index contributed by atoms with van der Waals surface area (Å²) < 4.78 is 65.6. The molecule has 0 aliphatic carbocycles. The molecule has 2 N–H and O–H groups in total. The number of halogens is 2. The van der Waals surface area contributed by atoms with Gasteiger partial charge in [-0.25, -0.2) is 27.0 Å². The highest BCUT2D eigenvalue weighted by molar-refractivity contribution is 7.92. The average Bonchev–Trinajstić information content (AvgIpc) is 3.60. The number of aryl methyl sites for hydroxylation is 1. The maximum atomic E-state index is 14.8. The number of likely N-dealkylation sites (tertiary alicyclic amines) is 1. The van der Waals surface area contributed by atoms with Crippen molar-refractivity contribution in [1.82, 2.24) is 20.1 Å². The quantitative estimate of drug-likeness (QED) is 0.166. The second-order valence-electron chi connectivity index (χ2n) is 11.6. The lowest BCUT2D eigenvalue weighted by Crippen LogP contribution is -2.49. The molecule has 0 bridgehead atoms. The number of rotatable bonds is 10. The Morgan fingerprint density at radius 1 is 1.02 bits per heavy atom. The molecule has 2 aromatic heterocycles. The highest BCUT2D eigenvalue weighted by atomic mass is 32.2. The van der Waals surface area contributed by atoms with Crippen molar-refractivity contribution in [3.63, 3.8) is 0 Å². The van der Waals surface area contributed by atoms with Crippen LogP contribution in [0.1, 0.15) is 24.1 Å². The monoisotopic (exact) mass is 689 g/mol. The van der Waals surface area contributed by atoms with E-state index < -0.39 is 27.7 Å². The number of urea groups is 1. The van der Waals surface area contributed by atoms with Crippen LogP contribution in [-0.2, 0) is 16.6 Å². The number of pyridine rings is 1. The zero-order chi connectivity index (χ0) is 34.5. The molecule has 2 amide bonds. The molecule has 49 heavy (non-hydrogen) atoms. The van der Waals surface area contributed by atoms with Crippen molar-refractivity contribution in [1.29, 1.82) is 0 Å². The number of carbonyl (C=O) groups is 1. The largest absolute Gasteiger partial charge is 0.439 e. The number of ether oxygens (including phenoxy) is 1. The molecule has 254 valence electrons. The number of sulfonamides is 1. The van der Waals surface area contributed by atoms with Gasteiger partial charge in [0.05, 0.1) is 17.5 Å². The van der Waals surface area contributed by atoms with Crippen molar-refractivity contribution >= 4 is 33.1 Å². The van der Waals surface area contributed by atoms with Crippen molar-refractivity contribution in [3.8, 4) is 23.1 Å². The molecular formula is C34H33F2N7O5S. The van der Waals surface area contributed by atoms with Gasteiger partial charge in [0.25, 0.3) is 0 Å². The minimum absolute atomic E-state index is 0.128. The number of carbonyl (C=O) groups excluding carboxylic acids is 1. The van der Waals surface area contributed by atoms with Crippen LogP contribution in [0, 0.1) is 18.6 Å². The molecule has 0 atom stereocenters. The molecule has 12 nitrogen and oxygen atoms in total. The zero-order valence-electron chi connectivity index (χ0n) is 26.6. The van der Waals surface area contributed by atoms with E-state index in [-0.39, 0.29) is 23.2 Å². The number of anilines is 3. The summed E-state index contributed by atoms with van der Waals surface area (Å²) in [6, 6.07) is 20.5. The van der Waals surface area contributed by atoms with Gasteiger partial charge in [-0.2, -0.15) is 0 Å². The fourth-order valence-corrected chi connectivity index (χ4v) is 6.21. The first-order chi connectivity index (χ1) is 23.5. The smallest absolute Gasteiger partial charge is 0.326 e. The molecule has 15 heteroatoms. The molecule has 0 saturated carbocycles. The lowest BCUT2D eigenvalue weighted by atomic mass is 10.0. The molecule has 3 heterocycles. The van der Waals surface area contributed by atoms with E-state index in [2.05, 4.69) is 30.1 Å². The van der Waals surface area contributed by atoms with Crippen LogP contribution in [0.15, 0.2) is 89.7 Å². The van der Waals surface area contributed by atoms with E-state index in [1.54, 1.807) is 35.2 Å². The third kappa shape index (κ3) is 8.36. The normalized spacial score (nSPS) is 14.0. The van der Waals surface area contributed by atoms with Gasteiger partial charge >= 0.3 is 6.03 Å². The first kappa shape index (κ1) is 33.5. The predicted molar refractivity (Wildman–Crippen MR) is 180 cm³/mol. The fraction of sp³-hybridized carbons (Fsp3) is 0.235.